The van der Waals surface area contributed by atoms with Gasteiger partial charge in [-0.15, -0.1) is 0 Å². The third-order valence-corrected chi connectivity index (χ3v) is 5.16. The molecular weight excluding hydrogens is 288 g/mol. The highest BCUT2D eigenvalue weighted by molar-refractivity contribution is 5.79. The maximum atomic E-state index is 12.6. The molecule has 2 fully saturated rings. The third kappa shape index (κ3) is 4.33. The van der Waals surface area contributed by atoms with Crippen LogP contribution < -0.4 is 0 Å². The summed E-state index contributed by atoms with van der Waals surface area (Å²) >= 11 is 0. The van der Waals surface area contributed by atoms with E-state index in [0.717, 1.165) is 45.6 Å². The minimum Gasteiger partial charge on any atom is -0.378 e. The number of carbonyl (C=O) groups is 1. The van der Waals surface area contributed by atoms with Crippen LogP contribution in [0.1, 0.15) is 31.2 Å². The number of amides is 1. The van der Waals surface area contributed by atoms with E-state index in [0.29, 0.717) is 25.0 Å². The maximum absolute atomic E-state index is 12.6. The quantitative estimate of drug-likeness (QED) is 0.855. The van der Waals surface area contributed by atoms with Crippen molar-refractivity contribution in [2.24, 2.45) is 5.92 Å². The van der Waals surface area contributed by atoms with Crippen molar-refractivity contribution in [2.45, 2.75) is 25.7 Å². The number of hydrogen-bond donors (Lipinski definition) is 0. The van der Waals surface area contributed by atoms with Crippen LogP contribution in [0.25, 0.3) is 0 Å². The number of piperidine rings is 1. The first kappa shape index (κ1) is 16.5. The lowest BCUT2D eigenvalue weighted by atomic mass is 9.93. The molecule has 4 nitrogen and oxygen atoms in total. The van der Waals surface area contributed by atoms with Crippen molar-refractivity contribution in [2.75, 3.05) is 45.9 Å². The number of morpholine rings is 1. The number of nitrogens with zero attached hydrogens (tertiary/aromatic N) is 2. The first-order valence-electron chi connectivity index (χ1n) is 8.88. The Morgan fingerprint density at radius 3 is 2.43 bits per heavy atom. The van der Waals surface area contributed by atoms with Gasteiger partial charge in [-0.3, -0.25) is 4.79 Å². The van der Waals surface area contributed by atoms with Crippen LogP contribution in [0, 0.1) is 5.92 Å². The summed E-state index contributed by atoms with van der Waals surface area (Å²) in [6.45, 7) is 8.38. The summed E-state index contributed by atoms with van der Waals surface area (Å²) in [4.78, 5) is 17.1. The number of rotatable bonds is 4. The van der Waals surface area contributed by atoms with Gasteiger partial charge in [-0.05, 0) is 37.4 Å². The van der Waals surface area contributed by atoms with E-state index in [1.165, 1.54) is 5.56 Å². The minimum absolute atomic E-state index is 0.219. The molecule has 2 aliphatic rings. The van der Waals surface area contributed by atoms with Crippen molar-refractivity contribution in [3.05, 3.63) is 35.9 Å². The van der Waals surface area contributed by atoms with E-state index in [2.05, 4.69) is 42.2 Å². The summed E-state index contributed by atoms with van der Waals surface area (Å²) in [6, 6.07) is 10.7. The largest absolute Gasteiger partial charge is 0.378 e. The fourth-order valence-corrected chi connectivity index (χ4v) is 3.68. The molecule has 2 saturated heterocycles. The molecule has 0 radical (unpaired) electrons. The molecule has 4 heteroatoms. The van der Waals surface area contributed by atoms with Crippen LogP contribution >= 0.6 is 0 Å². The number of carbonyl (C=O) groups excluding carboxylic acids is 1. The predicted molar refractivity (Wildman–Crippen MR) is 91.4 cm³/mol. The number of likely N-dealkylation sites (tertiary alicyclic amines) is 1. The highest BCUT2D eigenvalue weighted by Gasteiger charge is 2.29. The van der Waals surface area contributed by atoms with Crippen LogP contribution in [0.15, 0.2) is 30.3 Å². The summed E-state index contributed by atoms with van der Waals surface area (Å²) in [6.07, 6.45) is 2.00. The molecule has 23 heavy (non-hydrogen) atoms. The van der Waals surface area contributed by atoms with Gasteiger partial charge in [0.05, 0.1) is 13.2 Å². The fraction of sp³-hybridized carbons (Fsp3) is 0.632. The molecule has 0 unspecified atom stereocenters. The Bertz CT molecular complexity index is 491. The first-order valence-corrected chi connectivity index (χ1v) is 8.88. The normalized spacial score (nSPS) is 22.0. The number of hydrogen-bond acceptors (Lipinski definition) is 3. The molecular formula is C19H28N2O2. The van der Waals surface area contributed by atoms with Crippen LogP contribution in [-0.2, 0) is 9.53 Å². The summed E-state index contributed by atoms with van der Waals surface area (Å²) in [5.41, 5.74) is 1.40. The average molecular weight is 316 g/mol. The van der Waals surface area contributed by atoms with Gasteiger partial charge in [-0.2, -0.15) is 0 Å². The van der Waals surface area contributed by atoms with Crippen molar-refractivity contribution in [3.8, 4) is 0 Å². The molecule has 0 N–H and O–H groups in total. The zero-order chi connectivity index (χ0) is 16.1. The molecule has 0 bridgehead atoms. The lowest BCUT2D eigenvalue weighted by Crippen LogP contribution is -2.47. The molecule has 2 aliphatic heterocycles. The second-order valence-electron chi connectivity index (χ2n) is 6.82. The SMILES string of the molecule is C[C@H](CN1CCC(C(=O)N2CCOCC2)CC1)c1ccccc1. The van der Waals surface area contributed by atoms with E-state index < -0.39 is 0 Å². The Morgan fingerprint density at radius 2 is 1.78 bits per heavy atom. The van der Waals surface area contributed by atoms with Gasteiger partial charge in [-0.1, -0.05) is 37.3 Å². The Hall–Kier alpha value is -1.39. The molecule has 1 aromatic rings. The molecule has 0 saturated carbocycles. The van der Waals surface area contributed by atoms with Gasteiger partial charge in [0.15, 0.2) is 0 Å². The fourth-order valence-electron chi connectivity index (χ4n) is 3.68. The van der Waals surface area contributed by atoms with Gasteiger partial charge in [-0.25, -0.2) is 0 Å². The Balaban J connectivity index is 1.45. The zero-order valence-corrected chi connectivity index (χ0v) is 14.1. The summed E-state index contributed by atoms with van der Waals surface area (Å²) in [5.74, 6) is 1.11. The van der Waals surface area contributed by atoms with Crippen molar-refractivity contribution < 1.29 is 9.53 Å². The van der Waals surface area contributed by atoms with Crippen LogP contribution in [0.3, 0.4) is 0 Å². The van der Waals surface area contributed by atoms with Gasteiger partial charge in [0, 0.05) is 25.6 Å². The van der Waals surface area contributed by atoms with Crippen molar-refractivity contribution in [3.63, 3.8) is 0 Å². The summed E-state index contributed by atoms with van der Waals surface area (Å²) in [5, 5.41) is 0. The van der Waals surface area contributed by atoms with E-state index in [1.54, 1.807) is 0 Å². The van der Waals surface area contributed by atoms with Gasteiger partial charge in [0.1, 0.15) is 0 Å². The number of benzene rings is 1. The predicted octanol–water partition coefficient (Wildman–Crippen LogP) is 2.36. The minimum atomic E-state index is 0.219. The first-order chi connectivity index (χ1) is 11.2. The molecule has 126 valence electrons. The molecule has 3 rings (SSSR count). The van der Waals surface area contributed by atoms with Crippen molar-refractivity contribution in [1.29, 1.82) is 0 Å². The van der Waals surface area contributed by atoms with Gasteiger partial charge in [0.2, 0.25) is 5.91 Å². The van der Waals surface area contributed by atoms with Crippen LogP contribution in [0.4, 0.5) is 0 Å². The Labute approximate surface area is 139 Å². The van der Waals surface area contributed by atoms with Gasteiger partial charge < -0.3 is 14.5 Å². The number of ether oxygens (including phenoxy) is 1. The molecule has 0 spiro atoms. The smallest absolute Gasteiger partial charge is 0.225 e. The van der Waals surface area contributed by atoms with Gasteiger partial charge >= 0.3 is 0 Å². The third-order valence-electron chi connectivity index (χ3n) is 5.16. The highest BCUT2D eigenvalue weighted by Crippen LogP contribution is 2.23. The van der Waals surface area contributed by atoms with Crippen LogP contribution in [-0.4, -0.2) is 61.6 Å². The summed E-state index contributed by atoms with van der Waals surface area (Å²) < 4.78 is 5.34. The maximum Gasteiger partial charge on any atom is 0.225 e. The van der Waals surface area contributed by atoms with Crippen molar-refractivity contribution in [1.82, 2.24) is 9.80 Å². The molecule has 2 heterocycles. The van der Waals surface area contributed by atoms with E-state index in [4.69, 9.17) is 4.74 Å². The average Bonchev–Trinajstić information content (AvgIpc) is 2.63. The highest BCUT2D eigenvalue weighted by atomic mass is 16.5. The van der Waals surface area contributed by atoms with Crippen LogP contribution in [0.5, 0.6) is 0 Å². The van der Waals surface area contributed by atoms with Gasteiger partial charge in [0.25, 0.3) is 0 Å². The molecule has 1 amide bonds. The standard InChI is InChI=1S/C19H28N2O2/c1-16(17-5-3-2-4-6-17)15-20-9-7-18(8-10-20)19(22)21-11-13-23-14-12-21/h2-6,16,18H,7-15H2,1H3/t16-/m1/s1. The second kappa shape index (κ2) is 7.93. The topological polar surface area (TPSA) is 32.8 Å². The van der Waals surface area contributed by atoms with Crippen LogP contribution in [0.2, 0.25) is 0 Å². The summed E-state index contributed by atoms with van der Waals surface area (Å²) in [7, 11) is 0. The van der Waals surface area contributed by atoms with E-state index in [1.807, 2.05) is 4.90 Å². The Morgan fingerprint density at radius 1 is 1.13 bits per heavy atom. The van der Waals surface area contributed by atoms with Crippen molar-refractivity contribution >= 4 is 5.91 Å². The lowest BCUT2D eigenvalue weighted by Gasteiger charge is -2.36. The molecule has 1 aromatic carbocycles. The van der Waals surface area contributed by atoms with E-state index in [9.17, 15) is 4.79 Å². The monoisotopic (exact) mass is 316 g/mol. The molecule has 1 atom stereocenters. The van der Waals surface area contributed by atoms with E-state index >= 15 is 0 Å². The Kier molecular flexibility index (Phi) is 5.68. The molecule has 0 aliphatic carbocycles. The lowest BCUT2D eigenvalue weighted by molar-refractivity contribution is -0.141. The van der Waals surface area contributed by atoms with E-state index in [-0.39, 0.29) is 5.92 Å². The second-order valence-corrected chi connectivity index (χ2v) is 6.82. The zero-order valence-electron chi connectivity index (χ0n) is 14.1. The molecule has 0 aromatic heterocycles.